The van der Waals surface area contributed by atoms with E-state index in [2.05, 4.69) is 0 Å². The van der Waals surface area contributed by atoms with E-state index in [0.717, 1.165) is 0 Å². The lowest BCUT2D eigenvalue weighted by molar-refractivity contribution is -0.136. The molecule has 0 N–H and O–H groups in total. The molecule has 1 aliphatic rings. The topological polar surface area (TPSA) is 99.2 Å². The van der Waals surface area contributed by atoms with E-state index in [9.17, 15) is 18.0 Å². The van der Waals surface area contributed by atoms with Crippen molar-refractivity contribution >= 4 is 21.7 Å². The second kappa shape index (κ2) is 9.77. The zero-order chi connectivity index (χ0) is 20.7. The number of esters is 1. The number of hydrogen-bond acceptors (Lipinski definition) is 7. The first-order valence-electron chi connectivity index (χ1n) is 9.37. The summed E-state index contributed by atoms with van der Waals surface area (Å²) in [5.41, 5.74) is 0.242. The summed E-state index contributed by atoms with van der Waals surface area (Å²) in [7, 11) is -3.10. The fourth-order valence-corrected chi connectivity index (χ4v) is 4.86. The average molecular weight is 413 g/mol. The molecule has 1 saturated heterocycles. The number of nitrogens with zero attached hydrogens (tertiary/aromatic N) is 1. The van der Waals surface area contributed by atoms with E-state index in [-0.39, 0.29) is 23.1 Å². The molecule has 1 aromatic rings. The molecule has 0 aromatic heterocycles. The van der Waals surface area contributed by atoms with Gasteiger partial charge in [-0.15, -0.1) is 0 Å². The van der Waals surface area contributed by atoms with Crippen molar-refractivity contribution in [2.45, 2.75) is 33.2 Å². The molecule has 1 amide bonds. The number of hydrogen-bond donors (Lipinski definition) is 0. The molecule has 0 radical (unpaired) electrons. The summed E-state index contributed by atoms with van der Waals surface area (Å²) >= 11 is 0. The molecule has 9 heteroatoms. The maximum atomic E-state index is 12.4. The van der Waals surface area contributed by atoms with E-state index in [1.54, 1.807) is 19.1 Å². The van der Waals surface area contributed by atoms with Gasteiger partial charge in [0.05, 0.1) is 30.3 Å². The van der Waals surface area contributed by atoms with Crippen LogP contribution in [0.15, 0.2) is 18.2 Å². The van der Waals surface area contributed by atoms with Crippen molar-refractivity contribution < 1.29 is 32.2 Å². The van der Waals surface area contributed by atoms with Gasteiger partial charge in [0.15, 0.2) is 27.9 Å². The third kappa shape index (κ3) is 5.60. The van der Waals surface area contributed by atoms with Crippen molar-refractivity contribution in [3.63, 3.8) is 0 Å². The first kappa shape index (κ1) is 22.0. The molecule has 0 bridgehead atoms. The van der Waals surface area contributed by atoms with Gasteiger partial charge < -0.3 is 19.1 Å². The van der Waals surface area contributed by atoms with Gasteiger partial charge in [-0.25, -0.2) is 13.2 Å². The summed E-state index contributed by atoms with van der Waals surface area (Å²) in [6.07, 6.45) is 0.409. The van der Waals surface area contributed by atoms with E-state index in [1.165, 1.54) is 11.0 Å². The standard InChI is InChI=1S/C19H27NO7S/c1-4-20(15-9-10-28(23,24)13-15)18(21)12-27-19(22)14-7-8-16(25-5-2)17(11-14)26-6-3/h7-8,11,15H,4-6,9-10,12-13H2,1-3H3/t15-/m0/s1. The molecule has 156 valence electrons. The van der Waals surface area contributed by atoms with E-state index in [4.69, 9.17) is 14.2 Å². The molecule has 0 spiro atoms. The summed E-state index contributed by atoms with van der Waals surface area (Å²) < 4.78 is 39.4. The van der Waals surface area contributed by atoms with Gasteiger partial charge in [-0.1, -0.05) is 0 Å². The van der Waals surface area contributed by atoms with Gasteiger partial charge in [-0.3, -0.25) is 4.79 Å². The van der Waals surface area contributed by atoms with E-state index in [1.807, 2.05) is 13.8 Å². The molecule has 1 fully saturated rings. The highest BCUT2D eigenvalue weighted by atomic mass is 32.2. The van der Waals surface area contributed by atoms with Crippen molar-refractivity contribution in [3.05, 3.63) is 23.8 Å². The van der Waals surface area contributed by atoms with Gasteiger partial charge in [0.25, 0.3) is 5.91 Å². The van der Waals surface area contributed by atoms with Gasteiger partial charge in [-0.05, 0) is 45.4 Å². The molecular formula is C19H27NO7S. The van der Waals surface area contributed by atoms with E-state index < -0.39 is 28.3 Å². The summed E-state index contributed by atoms with van der Waals surface area (Å²) in [4.78, 5) is 26.2. The monoisotopic (exact) mass is 413 g/mol. The minimum absolute atomic E-state index is 0.0445. The number of rotatable bonds is 9. The molecule has 0 aliphatic carbocycles. The van der Waals surface area contributed by atoms with Crippen LogP contribution in [-0.2, 0) is 19.4 Å². The fraction of sp³-hybridized carbons (Fsp3) is 0.579. The Kier molecular flexibility index (Phi) is 7.68. The molecule has 1 aromatic carbocycles. The molecule has 1 atom stereocenters. The SMILES string of the molecule is CCOc1ccc(C(=O)OCC(=O)N(CC)[C@H]2CCS(=O)(=O)C2)cc1OCC. The second-order valence-electron chi connectivity index (χ2n) is 6.34. The van der Waals surface area contributed by atoms with Crippen molar-refractivity contribution in [1.82, 2.24) is 4.90 Å². The number of carbonyl (C=O) groups excluding carboxylic acids is 2. The van der Waals surface area contributed by atoms with E-state index >= 15 is 0 Å². The normalized spacial score (nSPS) is 17.8. The van der Waals surface area contributed by atoms with E-state index in [0.29, 0.717) is 37.7 Å². The van der Waals surface area contributed by atoms with Crippen LogP contribution in [0, 0.1) is 0 Å². The van der Waals surface area contributed by atoms with Crippen LogP contribution in [0.25, 0.3) is 0 Å². The number of sulfone groups is 1. The predicted octanol–water partition coefficient (Wildman–Crippen LogP) is 1.68. The van der Waals surface area contributed by atoms with Crippen molar-refractivity contribution in [2.24, 2.45) is 0 Å². The van der Waals surface area contributed by atoms with Crippen LogP contribution in [0.4, 0.5) is 0 Å². The van der Waals surface area contributed by atoms with Crippen LogP contribution < -0.4 is 9.47 Å². The lowest BCUT2D eigenvalue weighted by Gasteiger charge is -2.26. The zero-order valence-corrected chi connectivity index (χ0v) is 17.3. The van der Waals surface area contributed by atoms with Gasteiger partial charge in [0.2, 0.25) is 0 Å². The molecule has 0 unspecified atom stereocenters. The summed E-state index contributed by atoms with van der Waals surface area (Å²) in [5.74, 6) is -0.0838. The van der Waals surface area contributed by atoms with Gasteiger partial charge in [0.1, 0.15) is 0 Å². The highest BCUT2D eigenvalue weighted by molar-refractivity contribution is 7.91. The molecule has 0 saturated carbocycles. The minimum atomic E-state index is -3.10. The fourth-order valence-electron chi connectivity index (χ4n) is 3.13. The first-order chi connectivity index (χ1) is 13.3. The molecular weight excluding hydrogens is 386 g/mol. The zero-order valence-electron chi connectivity index (χ0n) is 16.5. The maximum Gasteiger partial charge on any atom is 0.338 e. The van der Waals surface area contributed by atoms with Gasteiger partial charge >= 0.3 is 5.97 Å². The van der Waals surface area contributed by atoms with Crippen molar-refractivity contribution in [2.75, 3.05) is 37.9 Å². The Balaban J connectivity index is 2.00. The lowest BCUT2D eigenvalue weighted by atomic mass is 10.2. The highest BCUT2D eigenvalue weighted by Gasteiger charge is 2.34. The number of benzene rings is 1. The van der Waals surface area contributed by atoms with Crippen LogP contribution in [-0.4, -0.2) is 69.1 Å². The van der Waals surface area contributed by atoms with Crippen LogP contribution in [0.2, 0.25) is 0 Å². The summed E-state index contributed by atoms with van der Waals surface area (Å²) in [6, 6.07) is 4.31. The Morgan fingerprint density at radius 1 is 1.11 bits per heavy atom. The second-order valence-corrected chi connectivity index (χ2v) is 8.57. The minimum Gasteiger partial charge on any atom is -0.490 e. The Morgan fingerprint density at radius 3 is 2.36 bits per heavy atom. The molecule has 1 heterocycles. The van der Waals surface area contributed by atoms with Gasteiger partial charge in [-0.2, -0.15) is 0 Å². The van der Waals surface area contributed by atoms with Crippen molar-refractivity contribution in [3.8, 4) is 11.5 Å². The highest BCUT2D eigenvalue weighted by Crippen LogP contribution is 2.28. The van der Waals surface area contributed by atoms with Crippen LogP contribution in [0.3, 0.4) is 0 Å². The van der Waals surface area contributed by atoms with Crippen LogP contribution in [0.1, 0.15) is 37.6 Å². The average Bonchev–Trinajstić information content (AvgIpc) is 3.01. The third-order valence-electron chi connectivity index (χ3n) is 4.42. The van der Waals surface area contributed by atoms with Crippen LogP contribution >= 0.6 is 0 Å². The predicted molar refractivity (Wildman–Crippen MR) is 104 cm³/mol. The molecule has 2 rings (SSSR count). The Labute approximate surface area is 165 Å². The Morgan fingerprint density at radius 2 is 1.79 bits per heavy atom. The quantitative estimate of drug-likeness (QED) is 0.568. The largest absolute Gasteiger partial charge is 0.490 e. The van der Waals surface area contributed by atoms with Crippen LogP contribution in [0.5, 0.6) is 11.5 Å². The lowest BCUT2D eigenvalue weighted by Crippen LogP contribution is -2.43. The summed E-state index contributed by atoms with van der Waals surface area (Å²) in [6.45, 7) is 6.22. The number of amides is 1. The number of likely N-dealkylation sites (N-methyl/N-ethyl adjacent to an activating group) is 1. The Bertz CT molecular complexity index is 807. The first-order valence-corrected chi connectivity index (χ1v) is 11.2. The van der Waals surface area contributed by atoms with Gasteiger partial charge in [0, 0.05) is 12.6 Å². The smallest absolute Gasteiger partial charge is 0.338 e. The van der Waals surface area contributed by atoms with Crippen molar-refractivity contribution in [1.29, 1.82) is 0 Å². The summed E-state index contributed by atoms with van der Waals surface area (Å²) in [5, 5.41) is 0. The maximum absolute atomic E-state index is 12.4. The molecule has 8 nitrogen and oxygen atoms in total. The third-order valence-corrected chi connectivity index (χ3v) is 6.17. The molecule has 28 heavy (non-hydrogen) atoms. The Hall–Kier alpha value is -2.29. The number of ether oxygens (including phenoxy) is 3. The molecule has 1 aliphatic heterocycles. The number of carbonyl (C=O) groups is 2.